The quantitative estimate of drug-likeness (QED) is 0.312. The Morgan fingerprint density at radius 2 is 1.69 bits per heavy atom. The molecule has 1 N–H and O–H groups in total. The summed E-state index contributed by atoms with van der Waals surface area (Å²) >= 11 is 0. The zero-order valence-electron chi connectivity index (χ0n) is 21.7. The SMILES string of the molecule is CCOc1ccc(C(O)=C2C(=O)C(=O)N(CCN(CC)CC)[C@H]2c2ccc(N(C)C)cc2)c(C)c1. The van der Waals surface area contributed by atoms with Gasteiger partial charge in [0.2, 0.25) is 0 Å². The van der Waals surface area contributed by atoms with Crippen molar-refractivity contribution in [2.75, 3.05) is 51.8 Å². The number of aryl methyl sites for hydroxylation is 1. The largest absolute Gasteiger partial charge is 0.507 e. The maximum atomic E-state index is 13.3. The van der Waals surface area contributed by atoms with Crippen LogP contribution in [0.1, 0.15) is 43.5 Å². The molecule has 0 unspecified atom stereocenters. The number of ether oxygens (including phenoxy) is 1. The number of hydrogen-bond acceptors (Lipinski definition) is 6. The fourth-order valence-corrected chi connectivity index (χ4v) is 4.50. The molecule has 1 fully saturated rings. The van der Waals surface area contributed by atoms with Gasteiger partial charge in [0.1, 0.15) is 11.5 Å². The molecule has 0 aromatic heterocycles. The van der Waals surface area contributed by atoms with Gasteiger partial charge in [-0.3, -0.25) is 9.59 Å². The van der Waals surface area contributed by atoms with E-state index in [4.69, 9.17) is 4.74 Å². The number of nitrogens with zero attached hydrogens (tertiary/aromatic N) is 3. The Kier molecular flexibility index (Phi) is 8.57. The van der Waals surface area contributed by atoms with Gasteiger partial charge >= 0.3 is 0 Å². The van der Waals surface area contributed by atoms with E-state index in [1.165, 1.54) is 0 Å². The molecule has 1 aliphatic heterocycles. The van der Waals surface area contributed by atoms with Crippen molar-refractivity contribution in [1.29, 1.82) is 0 Å². The van der Waals surface area contributed by atoms with Crippen molar-refractivity contribution >= 4 is 23.1 Å². The molecule has 3 rings (SSSR count). The highest BCUT2D eigenvalue weighted by Gasteiger charge is 2.46. The molecule has 2 aromatic carbocycles. The third-order valence-electron chi connectivity index (χ3n) is 6.58. The van der Waals surface area contributed by atoms with Gasteiger partial charge in [0.05, 0.1) is 18.2 Å². The highest BCUT2D eigenvalue weighted by molar-refractivity contribution is 6.46. The number of likely N-dealkylation sites (tertiary alicyclic amines) is 1. The molecule has 0 spiro atoms. The molecule has 35 heavy (non-hydrogen) atoms. The number of aliphatic hydroxyl groups is 1. The maximum Gasteiger partial charge on any atom is 0.295 e. The molecule has 2 aromatic rings. The van der Waals surface area contributed by atoms with Crippen LogP contribution in [0, 0.1) is 6.92 Å². The maximum absolute atomic E-state index is 13.3. The summed E-state index contributed by atoms with van der Waals surface area (Å²) in [5.74, 6) is -0.700. The lowest BCUT2D eigenvalue weighted by Gasteiger charge is -2.28. The third-order valence-corrected chi connectivity index (χ3v) is 6.58. The van der Waals surface area contributed by atoms with E-state index in [1.807, 2.05) is 63.2 Å². The average Bonchev–Trinajstić information content (AvgIpc) is 3.09. The number of likely N-dealkylation sites (N-methyl/N-ethyl adjacent to an activating group) is 1. The normalized spacial score (nSPS) is 17.3. The summed E-state index contributed by atoms with van der Waals surface area (Å²) in [4.78, 5) is 32.3. The number of aliphatic hydroxyl groups excluding tert-OH is 1. The van der Waals surface area contributed by atoms with Crippen molar-refractivity contribution in [2.45, 2.75) is 33.7 Å². The van der Waals surface area contributed by atoms with Crippen molar-refractivity contribution in [3.8, 4) is 5.75 Å². The Labute approximate surface area is 208 Å². The Bertz CT molecular complexity index is 1090. The summed E-state index contributed by atoms with van der Waals surface area (Å²) in [5, 5.41) is 11.4. The van der Waals surface area contributed by atoms with Gasteiger partial charge in [-0.1, -0.05) is 26.0 Å². The summed E-state index contributed by atoms with van der Waals surface area (Å²) in [6.45, 7) is 11.2. The van der Waals surface area contributed by atoms with Gasteiger partial charge in [0.15, 0.2) is 0 Å². The van der Waals surface area contributed by atoms with E-state index in [1.54, 1.807) is 17.0 Å². The zero-order chi connectivity index (χ0) is 25.7. The summed E-state index contributed by atoms with van der Waals surface area (Å²) in [7, 11) is 3.92. The van der Waals surface area contributed by atoms with Crippen molar-refractivity contribution in [3.63, 3.8) is 0 Å². The van der Waals surface area contributed by atoms with Crippen LogP contribution in [-0.2, 0) is 9.59 Å². The fraction of sp³-hybridized carbons (Fsp3) is 0.429. The fourth-order valence-electron chi connectivity index (χ4n) is 4.50. The summed E-state index contributed by atoms with van der Waals surface area (Å²) < 4.78 is 5.56. The Balaban J connectivity index is 2.11. The van der Waals surface area contributed by atoms with Gasteiger partial charge in [0.25, 0.3) is 11.7 Å². The van der Waals surface area contributed by atoms with Gasteiger partial charge in [-0.15, -0.1) is 0 Å². The average molecular weight is 480 g/mol. The third kappa shape index (κ3) is 5.51. The van der Waals surface area contributed by atoms with E-state index in [-0.39, 0.29) is 11.3 Å². The molecule has 1 saturated heterocycles. The van der Waals surface area contributed by atoms with Gasteiger partial charge < -0.3 is 24.5 Å². The number of ketones is 1. The number of rotatable bonds is 10. The number of hydrogen-bond donors (Lipinski definition) is 1. The molecule has 1 atom stereocenters. The molecule has 0 aliphatic carbocycles. The van der Waals surface area contributed by atoms with Crippen molar-refractivity contribution in [1.82, 2.24) is 9.80 Å². The molecule has 7 heteroatoms. The highest BCUT2D eigenvalue weighted by Crippen LogP contribution is 2.40. The van der Waals surface area contributed by atoms with Crippen molar-refractivity contribution < 1.29 is 19.4 Å². The predicted molar refractivity (Wildman–Crippen MR) is 140 cm³/mol. The van der Waals surface area contributed by atoms with Gasteiger partial charge in [-0.25, -0.2) is 0 Å². The molecule has 7 nitrogen and oxygen atoms in total. The number of benzene rings is 2. The first-order valence-corrected chi connectivity index (χ1v) is 12.2. The first-order valence-electron chi connectivity index (χ1n) is 12.2. The zero-order valence-corrected chi connectivity index (χ0v) is 21.7. The Morgan fingerprint density at radius 1 is 1.03 bits per heavy atom. The van der Waals surface area contributed by atoms with Gasteiger partial charge in [0, 0.05) is 38.4 Å². The predicted octanol–water partition coefficient (Wildman–Crippen LogP) is 4.22. The van der Waals surface area contributed by atoms with Crippen molar-refractivity contribution in [3.05, 3.63) is 64.7 Å². The molecule has 1 aliphatic rings. The van der Waals surface area contributed by atoms with Crippen LogP contribution < -0.4 is 9.64 Å². The number of amides is 1. The number of anilines is 1. The molecule has 188 valence electrons. The van der Waals surface area contributed by atoms with Crippen LogP contribution in [0.4, 0.5) is 5.69 Å². The molecule has 1 heterocycles. The lowest BCUT2D eigenvalue weighted by molar-refractivity contribution is -0.140. The van der Waals surface area contributed by atoms with Crippen LogP contribution in [0.25, 0.3) is 5.76 Å². The minimum Gasteiger partial charge on any atom is -0.507 e. The second kappa shape index (κ2) is 11.4. The lowest BCUT2D eigenvalue weighted by Crippen LogP contribution is -2.38. The molecule has 0 bridgehead atoms. The van der Waals surface area contributed by atoms with Gasteiger partial charge in [-0.2, -0.15) is 0 Å². The lowest BCUT2D eigenvalue weighted by atomic mass is 9.93. The van der Waals surface area contributed by atoms with E-state index < -0.39 is 17.7 Å². The van der Waals surface area contributed by atoms with Crippen LogP contribution in [0.5, 0.6) is 5.75 Å². The van der Waals surface area contributed by atoms with Crippen LogP contribution in [0.15, 0.2) is 48.0 Å². The standard InChI is InChI=1S/C28H37N3O4/c1-7-30(8-2)16-17-31-25(20-10-12-21(13-11-20)29(5)6)24(27(33)28(31)34)26(32)23-15-14-22(35-9-3)18-19(23)4/h10-15,18,25,32H,7-9,16-17H2,1-6H3/t25-/m0/s1. The van der Waals surface area contributed by atoms with Crippen LogP contribution >= 0.6 is 0 Å². The first-order chi connectivity index (χ1) is 16.7. The number of Topliss-reactive ketones (excluding diaryl/α,β-unsaturated/α-hetero) is 1. The molecule has 0 radical (unpaired) electrons. The highest BCUT2D eigenvalue weighted by atomic mass is 16.5. The van der Waals surface area contributed by atoms with Crippen LogP contribution in [0.2, 0.25) is 0 Å². The second-order valence-corrected chi connectivity index (χ2v) is 8.92. The molecular weight excluding hydrogens is 442 g/mol. The second-order valence-electron chi connectivity index (χ2n) is 8.92. The smallest absolute Gasteiger partial charge is 0.295 e. The summed E-state index contributed by atoms with van der Waals surface area (Å²) in [6, 6.07) is 12.4. The first kappa shape index (κ1) is 26.3. The molecule has 0 saturated carbocycles. The van der Waals surface area contributed by atoms with E-state index in [0.717, 1.165) is 29.9 Å². The van der Waals surface area contributed by atoms with E-state index in [0.29, 0.717) is 31.0 Å². The minimum atomic E-state index is -0.659. The molecule has 1 amide bonds. The number of carbonyl (C=O) groups excluding carboxylic acids is 2. The summed E-state index contributed by atoms with van der Waals surface area (Å²) in [5.41, 5.74) is 3.21. The monoisotopic (exact) mass is 479 g/mol. The molecular formula is C28H37N3O4. The van der Waals surface area contributed by atoms with Crippen LogP contribution in [-0.4, -0.2) is 73.5 Å². The Hall–Kier alpha value is -3.32. The van der Waals surface area contributed by atoms with Crippen LogP contribution in [0.3, 0.4) is 0 Å². The number of carbonyl (C=O) groups is 2. The van der Waals surface area contributed by atoms with Gasteiger partial charge in [-0.05, 0) is 68.4 Å². The summed E-state index contributed by atoms with van der Waals surface area (Å²) in [6.07, 6.45) is 0. The van der Waals surface area contributed by atoms with E-state index in [9.17, 15) is 14.7 Å². The minimum absolute atomic E-state index is 0.124. The van der Waals surface area contributed by atoms with E-state index >= 15 is 0 Å². The Morgan fingerprint density at radius 3 is 2.23 bits per heavy atom. The topological polar surface area (TPSA) is 73.3 Å². The van der Waals surface area contributed by atoms with Crippen molar-refractivity contribution in [2.24, 2.45) is 0 Å². The van der Waals surface area contributed by atoms with E-state index in [2.05, 4.69) is 18.7 Å².